The van der Waals surface area contributed by atoms with Crippen LogP contribution >= 0.6 is 0 Å². The molecule has 1 fully saturated rings. The minimum absolute atomic E-state index is 0.0978. The lowest BCUT2D eigenvalue weighted by Gasteiger charge is -2.32. The molecule has 0 N–H and O–H groups in total. The Morgan fingerprint density at radius 1 is 0.522 bits per heavy atom. The first-order valence-electron chi connectivity index (χ1n) is 28.0. The zero-order chi connectivity index (χ0) is 48.7. The molecule has 0 spiro atoms. The summed E-state index contributed by atoms with van der Waals surface area (Å²) >= 11 is 0. The van der Waals surface area contributed by atoms with Crippen LogP contribution in [0, 0.1) is 0 Å². The molecule has 0 amide bonds. The summed E-state index contributed by atoms with van der Waals surface area (Å²) in [6, 6.07) is 50.7. The topological polar surface area (TPSA) is 3.24 Å². The highest BCUT2D eigenvalue weighted by Crippen LogP contribution is 2.54. The maximum atomic E-state index is 2.66. The third-order valence-corrected chi connectivity index (χ3v) is 17.0. The molecule has 2 aliphatic carbocycles. The fourth-order valence-corrected chi connectivity index (χ4v) is 12.8. The summed E-state index contributed by atoms with van der Waals surface area (Å²) in [5.74, 6) is 2.47. The Hall–Kier alpha value is -4.88. The third kappa shape index (κ3) is 10.5. The lowest BCUT2D eigenvalue weighted by Crippen LogP contribution is -2.23. The van der Waals surface area contributed by atoms with Crippen molar-refractivity contribution in [1.82, 2.24) is 0 Å². The van der Waals surface area contributed by atoms with Crippen molar-refractivity contribution in [3.8, 4) is 22.3 Å². The summed E-state index contributed by atoms with van der Waals surface area (Å²) in [6.07, 6.45) is 20.4. The van der Waals surface area contributed by atoms with Crippen LogP contribution in [-0.4, -0.2) is 0 Å². The summed E-state index contributed by atoms with van der Waals surface area (Å²) in [5.41, 5.74) is 20.9. The van der Waals surface area contributed by atoms with E-state index in [0.717, 1.165) is 0 Å². The summed E-state index contributed by atoms with van der Waals surface area (Å²) in [4.78, 5) is 2.53. The molecule has 0 saturated heterocycles. The Morgan fingerprint density at radius 3 is 1.62 bits per heavy atom. The molecule has 0 aromatic heterocycles. The molecule has 1 heteroatoms. The van der Waals surface area contributed by atoms with Gasteiger partial charge in [-0.2, -0.15) is 0 Å². The first-order chi connectivity index (χ1) is 33.5. The molecule has 0 aliphatic heterocycles. The minimum atomic E-state index is -0.296. The SMILES string of the molecule is CCCCC(CC)c1cc(-c2ccc(N(c3ccc(C4CCCCC4)cc3)c3ccc4c(c3)C(C)(c3ccc(C(C)(C)C)cc3)c3ccccc3-4)cc2)cc(C(CC)CCCC)c1C(CC)CCC. The van der Waals surface area contributed by atoms with Gasteiger partial charge in [-0.1, -0.05) is 205 Å². The lowest BCUT2D eigenvalue weighted by atomic mass is 9.73. The van der Waals surface area contributed by atoms with E-state index in [1.54, 1.807) is 16.7 Å². The number of hydrogen-bond donors (Lipinski definition) is 0. The molecule has 6 aromatic carbocycles. The van der Waals surface area contributed by atoms with Crippen LogP contribution in [0.15, 0.2) is 127 Å². The van der Waals surface area contributed by atoms with Gasteiger partial charge < -0.3 is 4.90 Å². The van der Waals surface area contributed by atoms with Crippen molar-refractivity contribution in [2.45, 2.75) is 206 Å². The highest BCUT2D eigenvalue weighted by Gasteiger charge is 2.41. The average molecular weight is 918 g/mol. The van der Waals surface area contributed by atoms with Gasteiger partial charge in [0.25, 0.3) is 0 Å². The van der Waals surface area contributed by atoms with E-state index in [1.807, 2.05) is 0 Å². The van der Waals surface area contributed by atoms with Crippen LogP contribution in [0.3, 0.4) is 0 Å². The summed E-state index contributed by atoms with van der Waals surface area (Å²) < 4.78 is 0. The fraction of sp³-hybridized carbons (Fsp3) is 0.471. The van der Waals surface area contributed by atoms with Crippen LogP contribution in [0.5, 0.6) is 0 Å². The first kappa shape index (κ1) is 50.5. The van der Waals surface area contributed by atoms with E-state index in [-0.39, 0.29) is 10.8 Å². The van der Waals surface area contributed by atoms with Gasteiger partial charge in [0.15, 0.2) is 0 Å². The number of benzene rings is 6. The molecule has 8 rings (SSSR count). The lowest BCUT2D eigenvalue weighted by molar-refractivity contribution is 0.443. The normalized spacial score (nSPS) is 17.3. The van der Waals surface area contributed by atoms with Crippen molar-refractivity contribution in [3.63, 3.8) is 0 Å². The average Bonchev–Trinajstić information content (AvgIpc) is 3.64. The number of hydrogen-bond acceptors (Lipinski definition) is 1. The van der Waals surface area contributed by atoms with Gasteiger partial charge in [0.05, 0.1) is 0 Å². The minimum Gasteiger partial charge on any atom is -0.310 e. The van der Waals surface area contributed by atoms with Crippen molar-refractivity contribution in [2.75, 3.05) is 4.90 Å². The first-order valence-corrected chi connectivity index (χ1v) is 28.0. The van der Waals surface area contributed by atoms with Crippen molar-refractivity contribution in [3.05, 3.63) is 172 Å². The summed E-state index contributed by atoms with van der Waals surface area (Å²) in [6.45, 7) is 23.8. The van der Waals surface area contributed by atoms with Crippen LogP contribution in [0.1, 0.15) is 240 Å². The van der Waals surface area contributed by atoms with Gasteiger partial charge in [0, 0.05) is 22.5 Å². The predicted molar refractivity (Wildman–Crippen MR) is 302 cm³/mol. The molecule has 0 heterocycles. The largest absolute Gasteiger partial charge is 0.310 e. The molecular formula is C68H87N. The molecule has 0 bridgehead atoms. The van der Waals surface area contributed by atoms with Gasteiger partial charge >= 0.3 is 0 Å². The maximum Gasteiger partial charge on any atom is 0.0465 e. The van der Waals surface area contributed by atoms with E-state index in [4.69, 9.17) is 0 Å². The van der Waals surface area contributed by atoms with Gasteiger partial charge in [-0.25, -0.2) is 0 Å². The van der Waals surface area contributed by atoms with Crippen molar-refractivity contribution >= 4 is 17.1 Å². The van der Waals surface area contributed by atoms with Crippen molar-refractivity contribution in [2.24, 2.45) is 0 Å². The second-order valence-electron chi connectivity index (χ2n) is 22.5. The Bertz CT molecular complexity index is 2540. The number of rotatable bonds is 20. The Balaban J connectivity index is 1.27. The van der Waals surface area contributed by atoms with Crippen LogP contribution < -0.4 is 4.90 Å². The van der Waals surface area contributed by atoms with Gasteiger partial charge in [0.2, 0.25) is 0 Å². The molecule has 4 atom stereocenters. The van der Waals surface area contributed by atoms with Crippen molar-refractivity contribution < 1.29 is 0 Å². The van der Waals surface area contributed by atoms with E-state index in [2.05, 4.69) is 202 Å². The van der Waals surface area contributed by atoms with Crippen LogP contribution in [-0.2, 0) is 10.8 Å². The fourth-order valence-electron chi connectivity index (χ4n) is 12.8. The molecular weight excluding hydrogens is 831 g/mol. The van der Waals surface area contributed by atoms with Crippen LogP contribution in [0.4, 0.5) is 17.1 Å². The van der Waals surface area contributed by atoms with Gasteiger partial charge in [-0.15, -0.1) is 0 Å². The van der Waals surface area contributed by atoms with Gasteiger partial charge in [0.1, 0.15) is 0 Å². The quantitative estimate of drug-likeness (QED) is 0.0738. The van der Waals surface area contributed by atoms with E-state index in [0.29, 0.717) is 23.7 Å². The Morgan fingerprint density at radius 2 is 1.07 bits per heavy atom. The highest BCUT2D eigenvalue weighted by molar-refractivity contribution is 5.87. The number of unbranched alkanes of at least 4 members (excludes halogenated alkanes) is 2. The van der Waals surface area contributed by atoms with Crippen LogP contribution in [0.25, 0.3) is 22.3 Å². The molecule has 69 heavy (non-hydrogen) atoms. The zero-order valence-electron chi connectivity index (χ0n) is 44.7. The third-order valence-electron chi connectivity index (χ3n) is 17.0. The second kappa shape index (κ2) is 22.5. The van der Waals surface area contributed by atoms with E-state index in [9.17, 15) is 0 Å². The number of nitrogens with zero attached hydrogens (tertiary/aromatic N) is 1. The second-order valence-corrected chi connectivity index (χ2v) is 22.5. The molecule has 6 aromatic rings. The summed E-state index contributed by atoms with van der Waals surface area (Å²) in [5, 5.41) is 0. The predicted octanol–water partition coefficient (Wildman–Crippen LogP) is 21.2. The van der Waals surface area contributed by atoms with Gasteiger partial charge in [-0.05, 0) is 191 Å². The maximum absolute atomic E-state index is 2.66. The molecule has 1 nitrogen and oxygen atoms in total. The van der Waals surface area contributed by atoms with E-state index >= 15 is 0 Å². The van der Waals surface area contributed by atoms with Crippen LogP contribution in [0.2, 0.25) is 0 Å². The summed E-state index contributed by atoms with van der Waals surface area (Å²) in [7, 11) is 0. The standard InChI is InChI=1S/C68H87N/c1-11-17-25-48(14-4)62-45-54(46-63(49(15-5)26-18-12-2)66(62)50(16-6)24-13-3)53-33-41-58(42-34-53)69(57-39-31-52(32-40-57)51-27-20-19-21-28-51)59-43-44-61-60-29-22-23-30-64(60)68(10,65(61)47-59)56-37-35-55(36-38-56)67(7,8)9/h22-23,29-51H,11-21,24-28H2,1-10H3. The number of fused-ring (bicyclic) bond motifs is 3. The highest BCUT2D eigenvalue weighted by atomic mass is 15.1. The Labute approximate surface area is 420 Å². The van der Waals surface area contributed by atoms with Gasteiger partial charge in [-0.3, -0.25) is 0 Å². The molecule has 0 radical (unpaired) electrons. The smallest absolute Gasteiger partial charge is 0.0465 e. The van der Waals surface area contributed by atoms with Crippen molar-refractivity contribution in [1.29, 1.82) is 0 Å². The van der Waals surface area contributed by atoms with E-state index < -0.39 is 0 Å². The molecule has 364 valence electrons. The molecule has 1 saturated carbocycles. The molecule has 2 aliphatic rings. The Kier molecular flexibility index (Phi) is 16.4. The van der Waals surface area contributed by atoms with E-state index in [1.165, 1.54) is 170 Å². The monoisotopic (exact) mass is 918 g/mol. The zero-order valence-corrected chi connectivity index (χ0v) is 44.7. The molecule has 4 unspecified atom stereocenters. The number of anilines is 3.